The number of ketones is 1. The van der Waals surface area contributed by atoms with Gasteiger partial charge in [0.2, 0.25) is 0 Å². The van der Waals surface area contributed by atoms with E-state index >= 15 is 0 Å². The number of anilines is 2. The lowest BCUT2D eigenvalue weighted by molar-refractivity contribution is -0.132. The first kappa shape index (κ1) is 28.9. The molecule has 1 N–H and O–H groups in total. The highest BCUT2D eigenvalue weighted by molar-refractivity contribution is 6.51. The zero-order chi connectivity index (χ0) is 29.4. The van der Waals surface area contributed by atoms with Gasteiger partial charge in [-0.15, -0.1) is 0 Å². The normalized spacial score (nSPS) is 16.9. The predicted octanol–water partition coefficient (Wildman–Crippen LogP) is 7.08. The van der Waals surface area contributed by atoms with E-state index in [-0.39, 0.29) is 16.7 Å². The van der Waals surface area contributed by atoms with Crippen LogP contribution in [0.5, 0.6) is 5.75 Å². The maximum Gasteiger partial charge on any atom is 0.300 e. The highest BCUT2D eigenvalue weighted by Gasteiger charge is 2.47. The summed E-state index contributed by atoms with van der Waals surface area (Å²) in [6.07, 6.45) is 0. The third-order valence-electron chi connectivity index (χ3n) is 7.67. The molecule has 1 heterocycles. The predicted molar refractivity (Wildman–Crippen MR) is 162 cm³/mol. The van der Waals surface area contributed by atoms with Crippen molar-refractivity contribution in [1.29, 1.82) is 0 Å². The van der Waals surface area contributed by atoms with Gasteiger partial charge in [0.05, 0.1) is 18.7 Å². The van der Waals surface area contributed by atoms with Gasteiger partial charge in [0.1, 0.15) is 11.5 Å². The Morgan fingerprint density at radius 1 is 0.950 bits per heavy atom. The van der Waals surface area contributed by atoms with E-state index in [9.17, 15) is 14.7 Å². The molecule has 0 radical (unpaired) electrons. The van der Waals surface area contributed by atoms with Crippen LogP contribution in [0, 0.1) is 13.8 Å². The molecule has 1 saturated heterocycles. The molecule has 1 unspecified atom stereocenters. The van der Waals surface area contributed by atoms with Crippen molar-refractivity contribution in [1.82, 2.24) is 0 Å². The second-order valence-corrected chi connectivity index (χ2v) is 11.4. The molecule has 1 amide bonds. The third-order valence-corrected chi connectivity index (χ3v) is 7.67. The van der Waals surface area contributed by atoms with Gasteiger partial charge >= 0.3 is 0 Å². The monoisotopic (exact) mass is 540 g/mol. The van der Waals surface area contributed by atoms with Gasteiger partial charge in [-0.05, 0) is 80.6 Å². The smallest absolute Gasteiger partial charge is 0.300 e. The molecule has 210 valence electrons. The summed E-state index contributed by atoms with van der Waals surface area (Å²) >= 11 is 0. The third kappa shape index (κ3) is 5.23. The summed E-state index contributed by atoms with van der Waals surface area (Å²) in [5, 5.41) is 11.7. The molecule has 0 saturated carbocycles. The minimum absolute atomic E-state index is 0.0746. The van der Waals surface area contributed by atoms with Gasteiger partial charge in [-0.3, -0.25) is 14.5 Å². The number of aliphatic hydroxyl groups excluding tert-OH is 1. The average Bonchev–Trinajstić information content (AvgIpc) is 3.18. The fourth-order valence-electron chi connectivity index (χ4n) is 5.53. The lowest BCUT2D eigenvalue weighted by Crippen LogP contribution is -2.30. The van der Waals surface area contributed by atoms with Gasteiger partial charge in [-0.1, -0.05) is 50.6 Å². The number of rotatable bonds is 7. The molecule has 3 aromatic carbocycles. The molecule has 3 aromatic rings. The maximum atomic E-state index is 13.7. The summed E-state index contributed by atoms with van der Waals surface area (Å²) < 4.78 is 5.58. The van der Waals surface area contributed by atoms with Crippen LogP contribution < -0.4 is 14.5 Å². The van der Waals surface area contributed by atoms with E-state index in [2.05, 4.69) is 39.5 Å². The Morgan fingerprint density at radius 2 is 1.60 bits per heavy atom. The fourth-order valence-corrected chi connectivity index (χ4v) is 5.53. The van der Waals surface area contributed by atoms with Crippen LogP contribution in [-0.2, 0) is 15.0 Å². The van der Waals surface area contributed by atoms with E-state index < -0.39 is 17.7 Å². The Bertz CT molecular complexity index is 1460. The van der Waals surface area contributed by atoms with Crippen molar-refractivity contribution in [3.8, 4) is 5.75 Å². The van der Waals surface area contributed by atoms with Crippen LogP contribution in [0.1, 0.15) is 68.5 Å². The number of nitrogens with zero attached hydrogens (tertiary/aromatic N) is 2. The molecule has 0 spiro atoms. The molecular weight excluding hydrogens is 500 g/mol. The number of carbonyl (C=O) groups excluding carboxylic acids is 2. The quantitative estimate of drug-likeness (QED) is 0.197. The molecule has 6 nitrogen and oxygen atoms in total. The lowest BCUT2D eigenvalue weighted by Gasteiger charge is -2.28. The van der Waals surface area contributed by atoms with Crippen molar-refractivity contribution in [2.75, 3.05) is 30.0 Å². The molecule has 1 aliphatic rings. The van der Waals surface area contributed by atoms with Crippen LogP contribution in [0.4, 0.5) is 11.4 Å². The van der Waals surface area contributed by atoms with Gasteiger partial charge in [0, 0.05) is 35.6 Å². The van der Waals surface area contributed by atoms with Crippen molar-refractivity contribution in [2.24, 2.45) is 0 Å². The summed E-state index contributed by atoms with van der Waals surface area (Å²) in [4.78, 5) is 31.1. The number of aliphatic hydroxyl groups is 1. The fraction of sp³-hybridized carbons (Fsp3) is 0.353. The first-order chi connectivity index (χ1) is 18.9. The highest BCUT2D eigenvalue weighted by Crippen LogP contribution is 2.44. The number of methoxy groups -OCH3 is 1. The van der Waals surface area contributed by atoms with Crippen molar-refractivity contribution in [3.05, 3.63) is 94.1 Å². The summed E-state index contributed by atoms with van der Waals surface area (Å²) in [6, 6.07) is 18.3. The van der Waals surface area contributed by atoms with Crippen LogP contribution in [0.15, 0.2) is 66.2 Å². The van der Waals surface area contributed by atoms with Crippen molar-refractivity contribution >= 4 is 28.8 Å². The van der Waals surface area contributed by atoms with E-state index in [0.29, 0.717) is 17.0 Å². The van der Waals surface area contributed by atoms with E-state index in [0.717, 1.165) is 41.0 Å². The molecule has 1 atom stereocenters. The molecule has 40 heavy (non-hydrogen) atoms. The first-order valence-corrected chi connectivity index (χ1v) is 13.8. The topological polar surface area (TPSA) is 70.1 Å². The summed E-state index contributed by atoms with van der Waals surface area (Å²) in [5.41, 5.74) is 5.56. The number of hydrogen-bond donors (Lipinski definition) is 1. The van der Waals surface area contributed by atoms with E-state index in [1.807, 2.05) is 62.4 Å². The van der Waals surface area contributed by atoms with Crippen LogP contribution in [0.2, 0.25) is 0 Å². The van der Waals surface area contributed by atoms with Gasteiger partial charge in [-0.25, -0.2) is 0 Å². The van der Waals surface area contributed by atoms with E-state index in [1.54, 1.807) is 19.2 Å². The Kier molecular flexibility index (Phi) is 8.10. The van der Waals surface area contributed by atoms with Crippen molar-refractivity contribution in [3.63, 3.8) is 0 Å². The summed E-state index contributed by atoms with van der Waals surface area (Å²) in [6.45, 7) is 16.0. The second kappa shape index (κ2) is 11.2. The number of aryl methyl sites for hydroxylation is 2. The van der Waals surface area contributed by atoms with Crippen molar-refractivity contribution in [2.45, 2.75) is 59.9 Å². The zero-order valence-electron chi connectivity index (χ0n) is 24.8. The minimum Gasteiger partial charge on any atom is -0.507 e. The molecule has 0 aromatic heterocycles. The largest absolute Gasteiger partial charge is 0.507 e. The van der Waals surface area contributed by atoms with Gasteiger partial charge in [-0.2, -0.15) is 0 Å². The second-order valence-electron chi connectivity index (χ2n) is 11.4. The zero-order valence-corrected chi connectivity index (χ0v) is 24.8. The molecule has 6 heteroatoms. The molecule has 0 aliphatic carbocycles. The lowest BCUT2D eigenvalue weighted by atomic mass is 9.84. The highest BCUT2D eigenvalue weighted by atomic mass is 16.5. The Morgan fingerprint density at radius 3 is 2.15 bits per heavy atom. The van der Waals surface area contributed by atoms with Crippen molar-refractivity contribution < 1.29 is 19.4 Å². The molecule has 4 rings (SSSR count). The average molecular weight is 541 g/mol. The first-order valence-electron chi connectivity index (χ1n) is 13.8. The van der Waals surface area contributed by atoms with Gasteiger partial charge in [0.25, 0.3) is 11.7 Å². The SMILES string of the molecule is CCN(CC)c1ccc(C2/C(=C(/O)c3ccc(OC)c(C(C)(C)C)c3)C(=O)C(=O)N2c2ccc(C)cc2C)cc1. The molecular formula is C34H40N2O4. The summed E-state index contributed by atoms with van der Waals surface area (Å²) in [7, 11) is 1.61. The Hall–Kier alpha value is -4.06. The van der Waals surface area contributed by atoms with E-state index in [1.165, 1.54) is 4.90 Å². The molecule has 0 bridgehead atoms. The van der Waals surface area contributed by atoms with Crippen LogP contribution >= 0.6 is 0 Å². The maximum absolute atomic E-state index is 13.7. The van der Waals surface area contributed by atoms with Gasteiger partial charge in [0.15, 0.2) is 0 Å². The number of amides is 1. The number of ether oxygens (including phenoxy) is 1. The number of Topliss-reactive ketones (excluding diaryl/α,β-unsaturated/α-hetero) is 1. The number of benzene rings is 3. The van der Waals surface area contributed by atoms with Crippen LogP contribution in [-0.4, -0.2) is 37.0 Å². The standard InChI is InChI=1S/C34H40N2O4/c1-9-35(10-2)25-15-12-23(13-16-25)30-29(31(37)24-14-18-28(40-8)26(20-24)34(5,6)7)32(38)33(39)36(30)27-17-11-21(3)19-22(27)4/h11-20,30,37H,9-10H2,1-8H3/b31-29-. The summed E-state index contributed by atoms with van der Waals surface area (Å²) in [5.74, 6) is -0.862. The molecule has 1 fully saturated rings. The van der Waals surface area contributed by atoms with Gasteiger partial charge < -0.3 is 14.7 Å². The van der Waals surface area contributed by atoms with Crippen LogP contribution in [0.25, 0.3) is 5.76 Å². The Labute approximate surface area is 237 Å². The minimum atomic E-state index is -0.785. The van der Waals surface area contributed by atoms with E-state index in [4.69, 9.17) is 4.74 Å². The number of hydrogen-bond acceptors (Lipinski definition) is 5. The van der Waals surface area contributed by atoms with Crippen LogP contribution in [0.3, 0.4) is 0 Å². The molecule has 1 aliphatic heterocycles. The number of carbonyl (C=O) groups is 2. The Balaban J connectivity index is 1.96.